The summed E-state index contributed by atoms with van der Waals surface area (Å²) in [4.78, 5) is 0. The number of phenols is 1. The molecule has 0 aliphatic rings. The molecular formula is C6H4BrClNaO. The second kappa shape index (κ2) is 4.62. The van der Waals surface area contributed by atoms with E-state index in [0.29, 0.717) is 5.02 Å². The second-order valence-electron chi connectivity index (χ2n) is 1.60. The van der Waals surface area contributed by atoms with Crippen LogP contribution in [0.15, 0.2) is 22.7 Å². The molecule has 1 nitrogen and oxygen atoms in total. The second-order valence-corrected chi connectivity index (χ2v) is 2.92. The van der Waals surface area contributed by atoms with Crippen LogP contribution in [-0.2, 0) is 0 Å². The molecule has 0 aromatic heterocycles. The predicted molar refractivity (Wildman–Crippen MR) is 46.6 cm³/mol. The minimum absolute atomic E-state index is 0. The topological polar surface area (TPSA) is 20.2 Å². The van der Waals surface area contributed by atoms with Crippen molar-refractivity contribution in [3.63, 3.8) is 0 Å². The average Bonchev–Trinajstić information content (AvgIpc) is 1.80. The molecule has 1 radical (unpaired) electrons. The van der Waals surface area contributed by atoms with Crippen molar-refractivity contribution >= 4 is 57.1 Å². The first-order valence-corrected chi connectivity index (χ1v) is 3.51. The fraction of sp³-hybridized carbons (Fsp3) is 0. The van der Waals surface area contributed by atoms with Crippen molar-refractivity contribution in [1.82, 2.24) is 0 Å². The van der Waals surface area contributed by atoms with Crippen molar-refractivity contribution in [2.75, 3.05) is 0 Å². The predicted octanol–water partition coefficient (Wildman–Crippen LogP) is 2.43. The summed E-state index contributed by atoms with van der Waals surface area (Å²) in [6.45, 7) is 0. The van der Waals surface area contributed by atoms with Gasteiger partial charge >= 0.3 is 0 Å². The van der Waals surface area contributed by atoms with E-state index in [1.807, 2.05) is 0 Å². The molecule has 1 aromatic rings. The van der Waals surface area contributed by atoms with E-state index in [9.17, 15) is 0 Å². The largest absolute Gasteiger partial charge is 0.506 e. The molecule has 0 atom stereocenters. The van der Waals surface area contributed by atoms with Crippen LogP contribution in [-0.4, -0.2) is 34.7 Å². The average molecular weight is 230 g/mol. The van der Waals surface area contributed by atoms with Crippen LogP contribution in [0.1, 0.15) is 0 Å². The Kier molecular flexibility index (Phi) is 4.99. The zero-order valence-corrected chi connectivity index (χ0v) is 9.78. The number of hydrogen-bond donors (Lipinski definition) is 1. The maximum Gasteiger partial charge on any atom is 0.134 e. The molecule has 49 valence electrons. The van der Waals surface area contributed by atoms with Crippen molar-refractivity contribution in [3.8, 4) is 5.75 Å². The van der Waals surface area contributed by atoms with Crippen molar-refractivity contribution in [2.45, 2.75) is 0 Å². The molecule has 0 bridgehead atoms. The van der Waals surface area contributed by atoms with Crippen LogP contribution in [0, 0.1) is 0 Å². The van der Waals surface area contributed by atoms with Gasteiger partial charge in [-0.25, -0.2) is 0 Å². The molecule has 0 aliphatic heterocycles. The Morgan fingerprint density at radius 3 is 2.40 bits per heavy atom. The summed E-state index contributed by atoms with van der Waals surface area (Å²) in [5.41, 5.74) is 0. The quantitative estimate of drug-likeness (QED) is 0.679. The summed E-state index contributed by atoms with van der Waals surface area (Å²) >= 11 is 8.73. The van der Waals surface area contributed by atoms with Gasteiger partial charge in [0.1, 0.15) is 5.75 Å². The van der Waals surface area contributed by atoms with Gasteiger partial charge in [0.25, 0.3) is 0 Å². The van der Waals surface area contributed by atoms with E-state index in [0.717, 1.165) is 4.47 Å². The zero-order valence-electron chi connectivity index (χ0n) is 5.44. The third-order valence-electron chi connectivity index (χ3n) is 0.910. The number of hydrogen-bond acceptors (Lipinski definition) is 1. The molecular weight excluding hydrogens is 226 g/mol. The maximum atomic E-state index is 8.89. The Labute approximate surface area is 94.8 Å². The third-order valence-corrected chi connectivity index (χ3v) is 1.71. The van der Waals surface area contributed by atoms with Gasteiger partial charge in [0.15, 0.2) is 0 Å². The summed E-state index contributed by atoms with van der Waals surface area (Å²) in [7, 11) is 0. The first-order chi connectivity index (χ1) is 4.20. The van der Waals surface area contributed by atoms with Crippen LogP contribution >= 0.6 is 27.5 Å². The first-order valence-electron chi connectivity index (χ1n) is 2.34. The van der Waals surface area contributed by atoms with Crippen molar-refractivity contribution in [2.24, 2.45) is 0 Å². The fourth-order valence-electron chi connectivity index (χ4n) is 0.481. The van der Waals surface area contributed by atoms with E-state index in [2.05, 4.69) is 15.9 Å². The molecule has 0 heterocycles. The van der Waals surface area contributed by atoms with E-state index in [-0.39, 0.29) is 35.3 Å². The number of halogens is 2. The summed E-state index contributed by atoms with van der Waals surface area (Å²) in [5, 5.41) is 9.26. The normalized spacial score (nSPS) is 8.60. The molecule has 0 aliphatic carbocycles. The van der Waals surface area contributed by atoms with Crippen molar-refractivity contribution < 1.29 is 5.11 Å². The van der Waals surface area contributed by atoms with Gasteiger partial charge in [0.2, 0.25) is 0 Å². The summed E-state index contributed by atoms with van der Waals surface area (Å²) < 4.78 is 0.866. The third kappa shape index (κ3) is 2.81. The van der Waals surface area contributed by atoms with Gasteiger partial charge in [0.05, 0.1) is 5.02 Å². The fourth-order valence-corrected chi connectivity index (χ4v) is 1.15. The molecule has 0 saturated heterocycles. The molecule has 1 rings (SSSR count). The molecule has 1 aromatic carbocycles. The number of aromatic hydroxyl groups is 1. The minimum Gasteiger partial charge on any atom is -0.506 e. The molecule has 10 heavy (non-hydrogen) atoms. The van der Waals surface area contributed by atoms with E-state index < -0.39 is 0 Å². The van der Waals surface area contributed by atoms with E-state index in [1.165, 1.54) is 6.07 Å². The van der Waals surface area contributed by atoms with Gasteiger partial charge in [-0.2, -0.15) is 0 Å². The van der Waals surface area contributed by atoms with Gasteiger partial charge in [-0.1, -0.05) is 27.5 Å². The zero-order chi connectivity index (χ0) is 6.85. The van der Waals surface area contributed by atoms with Crippen LogP contribution in [0.3, 0.4) is 0 Å². The van der Waals surface area contributed by atoms with Gasteiger partial charge in [0, 0.05) is 34.0 Å². The Balaban J connectivity index is 0.000000810. The summed E-state index contributed by atoms with van der Waals surface area (Å²) in [6.07, 6.45) is 0. The SMILES string of the molecule is Oc1ccc(Br)cc1Cl.[Na]. The van der Waals surface area contributed by atoms with Crippen LogP contribution in [0.2, 0.25) is 5.02 Å². The van der Waals surface area contributed by atoms with Crippen molar-refractivity contribution in [3.05, 3.63) is 27.7 Å². The van der Waals surface area contributed by atoms with E-state index >= 15 is 0 Å². The summed E-state index contributed by atoms with van der Waals surface area (Å²) in [6, 6.07) is 4.89. The van der Waals surface area contributed by atoms with Gasteiger partial charge in [-0.3, -0.25) is 0 Å². The van der Waals surface area contributed by atoms with Crippen LogP contribution in [0.5, 0.6) is 5.75 Å². The number of benzene rings is 1. The monoisotopic (exact) mass is 229 g/mol. The molecule has 0 spiro atoms. The van der Waals surface area contributed by atoms with Crippen LogP contribution < -0.4 is 0 Å². The van der Waals surface area contributed by atoms with Crippen LogP contribution in [0.25, 0.3) is 0 Å². The van der Waals surface area contributed by atoms with Gasteiger partial charge in [-0.05, 0) is 18.2 Å². The molecule has 0 fully saturated rings. The molecule has 1 N–H and O–H groups in total. The Hall–Kier alpha value is 0.790. The van der Waals surface area contributed by atoms with E-state index in [1.54, 1.807) is 12.1 Å². The Morgan fingerprint density at radius 2 is 2.00 bits per heavy atom. The Bertz CT molecular complexity index is 229. The standard InChI is InChI=1S/C6H4BrClO.Na/c7-4-1-2-6(9)5(8)3-4;/h1-3,9H;. The first kappa shape index (κ1) is 10.8. The van der Waals surface area contributed by atoms with Crippen LogP contribution in [0.4, 0.5) is 0 Å². The van der Waals surface area contributed by atoms with Crippen molar-refractivity contribution in [1.29, 1.82) is 0 Å². The molecule has 0 saturated carbocycles. The smallest absolute Gasteiger partial charge is 0.134 e. The minimum atomic E-state index is 0. The van der Waals surface area contributed by atoms with Gasteiger partial charge in [-0.15, -0.1) is 0 Å². The molecule has 0 amide bonds. The number of rotatable bonds is 0. The molecule has 4 heteroatoms. The van der Waals surface area contributed by atoms with Gasteiger partial charge < -0.3 is 5.11 Å². The summed E-state index contributed by atoms with van der Waals surface area (Å²) in [5.74, 6) is 0.111. The Morgan fingerprint density at radius 1 is 1.40 bits per heavy atom. The molecule has 0 unspecified atom stereocenters. The maximum absolute atomic E-state index is 8.89. The van der Waals surface area contributed by atoms with E-state index in [4.69, 9.17) is 16.7 Å². The number of phenolic OH excluding ortho intramolecular Hbond substituents is 1.